The minimum atomic E-state index is 0.913. The maximum Gasteiger partial charge on any atom is -0.0184 e. The smallest absolute Gasteiger partial charge is 0.0184 e. The summed E-state index contributed by atoms with van der Waals surface area (Å²) in [5.74, 6) is 2.85. The maximum absolute atomic E-state index is 2.50. The first kappa shape index (κ1) is 21.2. The van der Waals surface area contributed by atoms with Crippen molar-refractivity contribution in [1.82, 2.24) is 0 Å². The highest BCUT2D eigenvalue weighted by molar-refractivity contribution is 5.63. The fraction of sp³-hybridized carbons (Fsp3) is 0.571. The van der Waals surface area contributed by atoms with Crippen molar-refractivity contribution in [2.75, 3.05) is 0 Å². The third-order valence-corrected chi connectivity index (χ3v) is 7.02. The molecule has 0 amide bonds. The first-order chi connectivity index (χ1) is 13.7. The van der Waals surface area contributed by atoms with Gasteiger partial charge in [-0.15, -0.1) is 0 Å². The van der Waals surface area contributed by atoms with Crippen LogP contribution in [0.25, 0.3) is 11.1 Å². The van der Waals surface area contributed by atoms with Gasteiger partial charge in [0.1, 0.15) is 0 Å². The first-order valence-corrected chi connectivity index (χ1v) is 11.9. The van der Waals surface area contributed by atoms with Gasteiger partial charge in [-0.05, 0) is 78.5 Å². The van der Waals surface area contributed by atoms with Gasteiger partial charge in [-0.2, -0.15) is 0 Å². The third-order valence-electron chi connectivity index (χ3n) is 7.02. The van der Waals surface area contributed by atoms with Crippen LogP contribution in [0.5, 0.6) is 0 Å². The van der Waals surface area contributed by atoms with Crippen molar-refractivity contribution in [3.05, 3.63) is 59.7 Å². The molecule has 0 nitrogen and oxygen atoms in total. The van der Waals surface area contributed by atoms with Crippen LogP contribution in [0.2, 0.25) is 0 Å². The van der Waals surface area contributed by atoms with Gasteiger partial charge in [-0.3, -0.25) is 0 Å². The lowest BCUT2D eigenvalue weighted by Gasteiger charge is -2.34. The molecule has 0 saturated heterocycles. The number of rotatable bonds is 9. The highest BCUT2D eigenvalue weighted by atomic mass is 14.3. The molecule has 2 aromatic rings. The van der Waals surface area contributed by atoms with Gasteiger partial charge in [0, 0.05) is 0 Å². The Morgan fingerprint density at radius 2 is 1.32 bits per heavy atom. The van der Waals surface area contributed by atoms with E-state index in [1.807, 2.05) is 0 Å². The van der Waals surface area contributed by atoms with Gasteiger partial charge in [0.05, 0.1) is 0 Å². The zero-order chi connectivity index (χ0) is 19.8. The Bertz CT molecular complexity index is 679. The predicted molar refractivity (Wildman–Crippen MR) is 124 cm³/mol. The van der Waals surface area contributed by atoms with Crippen molar-refractivity contribution < 1.29 is 0 Å². The van der Waals surface area contributed by atoms with Crippen LogP contribution in [-0.4, -0.2) is 0 Å². The summed E-state index contributed by atoms with van der Waals surface area (Å²) in [6, 6.07) is 18.5. The highest BCUT2D eigenvalue weighted by Crippen LogP contribution is 2.38. The van der Waals surface area contributed by atoms with Gasteiger partial charge in [0.25, 0.3) is 0 Å². The van der Waals surface area contributed by atoms with Crippen LogP contribution >= 0.6 is 0 Å². The maximum atomic E-state index is 2.50. The van der Waals surface area contributed by atoms with Crippen molar-refractivity contribution >= 4 is 0 Å². The summed E-state index contributed by atoms with van der Waals surface area (Å²) in [5.41, 5.74) is 5.66. The number of hydrogen-bond acceptors (Lipinski definition) is 0. The molecule has 152 valence electrons. The fourth-order valence-corrected chi connectivity index (χ4v) is 5.13. The van der Waals surface area contributed by atoms with E-state index < -0.39 is 0 Å². The molecule has 0 aliphatic heterocycles. The molecule has 3 atom stereocenters. The summed E-state index contributed by atoms with van der Waals surface area (Å²) in [7, 11) is 0. The molecule has 0 aromatic heterocycles. The Hall–Kier alpha value is -1.56. The van der Waals surface area contributed by atoms with Crippen LogP contribution in [0.15, 0.2) is 48.5 Å². The minimum absolute atomic E-state index is 0.913. The molecule has 1 aliphatic carbocycles. The summed E-state index contributed by atoms with van der Waals surface area (Å²) in [5, 5.41) is 0. The topological polar surface area (TPSA) is 0 Å². The van der Waals surface area contributed by atoms with E-state index in [0.717, 1.165) is 17.8 Å². The number of hydrogen-bond donors (Lipinski definition) is 0. The van der Waals surface area contributed by atoms with E-state index in [0.29, 0.717) is 0 Å². The van der Waals surface area contributed by atoms with Crippen molar-refractivity contribution in [2.24, 2.45) is 17.8 Å². The van der Waals surface area contributed by atoms with Crippen molar-refractivity contribution in [1.29, 1.82) is 0 Å². The Morgan fingerprint density at radius 1 is 0.714 bits per heavy atom. The lowest BCUT2D eigenvalue weighted by Crippen LogP contribution is -2.23. The molecule has 3 unspecified atom stereocenters. The molecule has 3 rings (SSSR count). The average Bonchev–Trinajstić information content (AvgIpc) is 2.73. The van der Waals surface area contributed by atoms with E-state index in [9.17, 15) is 0 Å². The van der Waals surface area contributed by atoms with E-state index in [-0.39, 0.29) is 0 Å². The molecule has 28 heavy (non-hydrogen) atoms. The number of unbranched alkanes of at least 4 members (excludes halogenated alkanes) is 1. The van der Waals surface area contributed by atoms with E-state index in [2.05, 4.69) is 69.3 Å². The second-order valence-corrected chi connectivity index (χ2v) is 9.24. The van der Waals surface area contributed by atoms with Gasteiger partial charge in [0.15, 0.2) is 0 Å². The van der Waals surface area contributed by atoms with Crippen LogP contribution in [0.1, 0.15) is 83.3 Å². The zero-order valence-corrected chi connectivity index (χ0v) is 18.4. The van der Waals surface area contributed by atoms with Gasteiger partial charge in [-0.1, -0.05) is 95.0 Å². The summed E-state index contributed by atoms with van der Waals surface area (Å²) in [6.45, 7) is 7.09. The summed E-state index contributed by atoms with van der Waals surface area (Å²) < 4.78 is 0. The Labute approximate surface area is 173 Å². The number of aryl methyl sites for hydroxylation is 2. The molecule has 2 aromatic carbocycles. The van der Waals surface area contributed by atoms with E-state index in [1.54, 1.807) is 0 Å². The van der Waals surface area contributed by atoms with Crippen molar-refractivity contribution in [2.45, 2.75) is 85.0 Å². The van der Waals surface area contributed by atoms with E-state index in [4.69, 9.17) is 0 Å². The molecule has 1 aliphatic rings. The summed E-state index contributed by atoms with van der Waals surface area (Å²) in [4.78, 5) is 0. The van der Waals surface area contributed by atoms with Crippen LogP contribution in [-0.2, 0) is 12.8 Å². The zero-order valence-electron chi connectivity index (χ0n) is 18.4. The van der Waals surface area contributed by atoms with Crippen LogP contribution in [0, 0.1) is 17.8 Å². The second kappa shape index (κ2) is 10.8. The molecule has 1 saturated carbocycles. The molecule has 1 fully saturated rings. The predicted octanol–water partition coefficient (Wildman–Crippen LogP) is 8.48. The first-order valence-electron chi connectivity index (χ1n) is 11.9. The lowest BCUT2D eigenvalue weighted by atomic mass is 9.72. The molecule has 0 heterocycles. The molecule has 0 N–H and O–H groups in total. The molecular weight excluding hydrogens is 336 g/mol. The van der Waals surface area contributed by atoms with Crippen LogP contribution in [0.3, 0.4) is 0 Å². The second-order valence-electron chi connectivity index (χ2n) is 9.24. The highest BCUT2D eigenvalue weighted by Gasteiger charge is 2.26. The summed E-state index contributed by atoms with van der Waals surface area (Å²) >= 11 is 0. The molecule has 0 bridgehead atoms. The molecule has 0 spiro atoms. The lowest BCUT2D eigenvalue weighted by molar-refractivity contribution is 0.177. The molecule has 0 heteroatoms. The number of benzene rings is 2. The van der Waals surface area contributed by atoms with E-state index >= 15 is 0 Å². The normalized spacial score (nSPS) is 22.3. The molecular formula is C28H40. The van der Waals surface area contributed by atoms with Crippen molar-refractivity contribution in [3.63, 3.8) is 0 Å². The minimum Gasteiger partial charge on any atom is -0.0654 e. The standard InChI is InChI=1S/C28H40/c1-4-6-8-23-10-17-27(18-11-23)28-19-12-24(13-20-28)9-15-26-16-14-25(7-5-2)21-22(26)3/h10-13,17-20,22,25-26H,4-9,14-16,21H2,1-3H3. The fourth-order valence-electron chi connectivity index (χ4n) is 5.13. The van der Waals surface area contributed by atoms with Gasteiger partial charge in [0.2, 0.25) is 0 Å². The van der Waals surface area contributed by atoms with Crippen molar-refractivity contribution in [3.8, 4) is 11.1 Å². The van der Waals surface area contributed by atoms with Crippen LogP contribution < -0.4 is 0 Å². The van der Waals surface area contributed by atoms with Crippen LogP contribution in [0.4, 0.5) is 0 Å². The SMILES string of the molecule is CCCCc1ccc(-c2ccc(CCC3CCC(CCC)CC3C)cc2)cc1. The summed E-state index contributed by atoms with van der Waals surface area (Å²) in [6.07, 6.45) is 13.5. The quantitative estimate of drug-likeness (QED) is 0.411. The Balaban J connectivity index is 1.50. The Kier molecular flexibility index (Phi) is 8.19. The molecule has 0 radical (unpaired) electrons. The average molecular weight is 377 g/mol. The van der Waals surface area contributed by atoms with E-state index in [1.165, 1.54) is 86.5 Å². The Morgan fingerprint density at radius 3 is 1.86 bits per heavy atom. The largest absolute Gasteiger partial charge is 0.0654 e. The van der Waals surface area contributed by atoms with Gasteiger partial charge in [-0.25, -0.2) is 0 Å². The van der Waals surface area contributed by atoms with Gasteiger partial charge < -0.3 is 0 Å². The van der Waals surface area contributed by atoms with Gasteiger partial charge >= 0.3 is 0 Å². The monoisotopic (exact) mass is 376 g/mol. The third kappa shape index (κ3) is 5.97.